The number of carbonyl (C=O) groups is 2. The monoisotopic (exact) mass is 244 g/mol. The van der Waals surface area contributed by atoms with Crippen LogP contribution in [0.15, 0.2) is 18.2 Å². The third kappa shape index (κ3) is 2.25. The molecule has 0 amide bonds. The molecule has 2 rings (SSSR count). The van der Waals surface area contributed by atoms with Gasteiger partial charge in [0.1, 0.15) is 7.85 Å². The van der Waals surface area contributed by atoms with Crippen LogP contribution in [0.2, 0.25) is 0 Å². The van der Waals surface area contributed by atoms with Gasteiger partial charge >= 0.3 is 11.9 Å². The lowest BCUT2D eigenvalue weighted by Crippen LogP contribution is -2.26. The highest BCUT2D eigenvalue weighted by atomic mass is 16.6. The van der Waals surface area contributed by atoms with Crippen molar-refractivity contribution < 1.29 is 19.4 Å². The zero-order chi connectivity index (χ0) is 13.3. The highest BCUT2D eigenvalue weighted by Crippen LogP contribution is 2.38. The highest BCUT2D eigenvalue weighted by Gasteiger charge is 2.40. The standard InChI is InChI=1S/C13H13BO4/c1-8-4-5-9-10(7-8)13(14,18-12(9)17)6-2-3-11(15)16/h4-5,7H,2-3,6H2,1H3,(H,15,16). The third-order valence-corrected chi connectivity index (χ3v) is 3.06. The first-order chi connectivity index (χ1) is 8.42. The summed E-state index contributed by atoms with van der Waals surface area (Å²) < 4.78 is 5.20. The number of esters is 1. The summed E-state index contributed by atoms with van der Waals surface area (Å²) in [5.74, 6) is -1.32. The Labute approximate surface area is 106 Å². The fourth-order valence-electron chi connectivity index (χ4n) is 2.15. The predicted octanol–water partition coefficient (Wildman–Crippen LogP) is 1.74. The van der Waals surface area contributed by atoms with Gasteiger partial charge in [-0.3, -0.25) is 4.79 Å². The predicted molar refractivity (Wildman–Crippen MR) is 65.5 cm³/mol. The number of aliphatic carboxylic acids is 1. The Morgan fingerprint density at radius 1 is 1.50 bits per heavy atom. The van der Waals surface area contributed by atoms with Crippen molar-refractivity contribution in [3.63, 3.8) is 0 Å². The largest absolute Gasteiger partial charge is 0.481 e. The van der Waals surface area contributed by atoms with E-state index in [1.54, 1.807) is 6.07 Å². The molecule has 1 heterocycles. The van der Waals surface area contributed by atoms with Crippen molar-refractivity contribution in [1.29, 1.82) is 0 Å². The first-order valence-electron chi connectivity index (χ1n) is 5.77. The van der Waals surface area contributed by atoms with Crippen LogP contribution < -0.4 is 0 Å². The number of cyclic esters (lactones) is 1. The van der Waals surface area contributed by atoms with Gasteiger partial charge in [0, 0.05) is 12.0 Å². The van der Waals surface area contributed by atoms with E-state index < -0.39 is 17.4 Å². The van der Waals surface area contributed by atoms with Crippen molar-refractivity contribution >= 4 is 19.8 Å². The van der Waals surface area contributed by atoms with E-state index in [4.69, 9.17) is 17.7 Å². The Hall–Kier alpha value is -1.78. The quantitative estimate of drug-likeness (QED) is 0.647. The maximum absolute atomic E-state index is 11.7. The summed E-state index contributed by atoms with van der Waals surface area (Å²) in [5.41, 5.74) is 0.921. The molecule has 0 saturated heterocycles. The first kappa shape index (κ1) is 12.7. The minimum absolute atomic E-state index is 0.0116. The summed E-state index contributed by atoms with van der Waals surface area (Å²) in [5, 5.41) is 8.61. The van der Waals surface area contributed by atoms with E-state index in [0.717, 1.165) is 5.56 Å². The van der Waals surface area contributed by atoms with Crippen molar-refractivity contribution in [2.75, 3.05) is 0 Å². The van der Waals surface area contributed by atoms with Crippen LogP contribution in [0, 0.1) is 6.92 Å². The van der Waals surface area contributed by atoms with Gasteiger partial charge < -0.3 is 9.84 Å². The van der Waals surface area contributed by atoms with Crippen LogP contribution in [0.1, 0.15) is 40.7 Å². The molecule has 2 radical (unpaired) electrons. The molecular weight excluding hydrogens is 231 g/mol. The van der Waals surface area contributed by atoms with Gasteiger partial charge in [-0.05, 0) is 25.8 Å². The summed E-state index contributed by atoms with van der Waals surface area (Å²) in [6, 6.07) is 5.34. The number of hydrogen-bond donors (Lipinski definition) is 1. The Morgan fingerprint density at radius 3 is 2.89 bits per heavy atom. The van der Waals surface area contributed by atoms with Crippen LogP contribution in [0.4, 0.5) is 0 Å². The van der Waals surface area contributed by atoms with Crippen molar-refractivity contribution in [3.8, 4) is 0 Å². The SMILES string of the molecule is [B]C1(CCCC(=O)O)OC(=O)c2ccc(C)cc21. The molecule has 1 aliphatic heterocycles. The Morgan fingerprint density at radius 2 is 2.22 bits per heavy atom. The molecule has 0 spiro atoms. The van der Waals surface area contributed by atoms with Crippen molar-refractivity contribution in [1.82, 2.24) is 0 Å². The lowest BCUT2D eigenvalue weighted by Gasteiger charge is -2.24. The summed E-state index contributed by atoms with van der Waals surface area (Å²) in [6.07, 6.45) is 0.686. The Kier molecular flexibility index (Phi) is 3.15. The lowest BCUT2D eigenvalue weighted by molar-refractivity contribution is -0.137. The molecule has 0 aromatic heterocycles. The number of rotatable bonds is 4. The van der Waals surface area contributed by atoms with Crippen molar-refractivity contribution in [3.05, 3.63) is 34.9 Å². The molecule has 4 nitrogen and oxygen atoms in total. The molecule has 0 fully saturated rings. The number of ether oxygens (including phenoxy) is 1. The van der Waals surface area contributed by atoms with E-state index in [2.05, 4.69) is 0 Å². The number of carboxylic acids is 1. The van der Waals surface area contributed by atoms with Gasteiger partial charge in [0.25, 0.3) is 0 Å². The van der Waals surface area contributed by atoms with Crippen molar-refractivity contribution in [2.45, 2.75) is 31.7 Å². The molecule has 0 bridgehead atoms. The van der Waals surface area contributed by atoms with E-state index in [9.17, 15) is 9.59 Å². The molecule has 1 unspecified atom stereocenters. The van der Waals surface area contributed by atoms with E-state index in [1.165, 1.54) is 0 Å². The van der Waals surface area contributed by atoms with Crippen LogP contribution in [-0.4, -0.2) is 24.9 Å². The lowest BCUT2D eigenvalue weighted by atomic mass is 9.72. The molecule has 1 aliphatic rings. The fraction of sp³-hybridized carbons (Fsp3) is 0.385. The van der Waals surface area contributed by atoms with Crippen LogP contribution in [0.25, 0.3) is 0 Å². The first-order valence-corrected chi connectivity index (χ1v) is 5.77. The molecule has 18 heavy (non-hydrogen) atoms. The minimum atomic E-state index is -1.19. The number of benzene rings is 1. The van der Waals surface area contributed by atoms with Crippen LogP contribution in [-0.2, 0) is 15.0 Å². The number of carboxylic acid groups (broad SMARTS) is 1. The second-order valence-corrected chi connectivity index (χ2v) is 4.58. The van der Waals surface area contributed by atoms with Gasteiger partial charge in [-0.15, -0.1) is 0 Å². The van der Waals surface area contributed by atoms with E-state index in [-0.39, 0.29) is 6.42 Å². The van der Waals surface area contributed by atoms with Crippen LogP contribution in [0.5, 0.6) is 0 Å². The van der Waals surface area contributed by atoms with Crippen LogP contribution >= 0.6 is 0 Å². The highest BCUT2D eigenvalue weighted by molar-refractivity contribution is 6.18. The normalized spacial score (nSPS) is 21.5. The molecule has 0 aliphatic carbocycles. The van der Waals surface area contributed by atoms with Crippen LogP contribution in [0.3, 0.4) is 0 Å². The third-order valence-electron chi connectivity index (χ3n) is 3.06. The minimum Gasteiger partial charge on any atom is -0.481 e. The van der Waals surface area contributed by atoms with E-state index >= 15 is 0 Å². The average molecular weight is 244 g/mol. The summed E-state index contributed by atoms with van der Waals surface area (Å²) in [7, 11) is 6.08. The summed E-state index contributed by atoms with van der Waals surface area (Å²) in [6.45, 7) is 1.90. The smallest absolute Gasteiger partial charge is 0.338 e. The molecule has 92 valence electrons. The average Bonchev–Trinajstić information content (AvgIpc) is 2.50. The van der Waals surface area contributed by atoms with Gasteiger partial charge in [-0.2, -0.15) is 0 Å². The van der Waals surface area contributed by atoms with E-state index in [1.807, 2.05) is 19.1 Å². The topological polar surface area (TPSA) is 63.6 Å². The summed E-state index contributed by atoms with van der Waals surface area (Å²) >= 11 is 0. The van der Waals surface area contributed by atoms with Gasteiger partial charge in [0.15, 0.2) is 0 Å². The molecule has 0 saturated carbocycles. The van der Waals surface area contributed by atoms with Gasteiger partial charge in [-0.1, -0.05) is 17.7 Å². The Balaban J connectivity index is 2.23. The zero-order valence-corrected chi connectivity index (χ0v) is 10.1. The van der Waals surface area contributed by atoms with Gasteiger partial charge in [-0.25, -0.2) is 4.79 Å². The van der Waals surface area contributed by atoms with E-state index in [0.29, 0.717) is 24.0 Å². The van der Waals surface area contributed by atoms with Gasteiger partial charge in [0.2, 0.25) is 0 Å². The summed E-state index contributed by atoms with van der Waals surface area (Å²) in [4.78, 5) is 22.2. The second-order valence-electron chi connectivity index (χ2n) is 4.58. The number of aryl methyl sites for hydroxylation is 1. The zero-order valence-electron chi connectivity index (χ0n) is 10.1. The maximum atomic E-state index is 11.7. The molecule has 1 aromatic rings. The molecule has 5 heteroatoms. The van der Waals surface area contributed by atoms with Gasteiger partial charge in [0.05, 0.1) is 11.1 Å². The second kappa shape index (κ2) is 4.48. The number of hydrogen-bond acceptors (Lipinski definition) is 3. The Bertz CT molecular complexity index is 512. The molecular formula is C13H13BO4. The fourth-order valence-corrected chi connectivity index (χ4v) is 2.15. The molecule has 1 atom stereocenters. The molecule has 1 N–H and O–H groups in total. The number of carbonyl (C=O) groups excluding carboxylic acids is 1. The maximum Gasteiger partial charge on any atom is 0.338 e. The number of fused-ring (bicyclic) bond motifs is 1. The molecule has 1 aromatic carbocycles. The van der Waals surface area contributed by atoms with Crippen molar-refractivity contribution in [2.24, 2.45) is 0 Å².